The Morgan fingerprint density at radius 3 is 2.57 bits per heavy atom. The molecule has 7 nitrogen and oxygen atoms in total. The van der Waals surface area contributed by atoms with Gasteiger partial charge in [0, 0.05) is 20.1 Å². The van der Waals surface area contributed by atoms with Crippen LogP contribution in [-0.4, -0.2) is 57.5 Å². The van der Waals surface area contributed by atoms with Gasteiger partial charge in [0.05, 0.1) is 5.25 Å². The van der Waals surface area contributed by atoms with E-state index in [2.05, 4.69) is 10.6 Å². The summed E-state index contributed by atoms with van der Waals surface area (Å²) >= 11 is 0. The second-order valence-corrected chi connectivity index (χ2v) is 9.57. The minimum Gasteiger partial charge on any atom is -0.444 e. The Balaban J connectivity index is 2.11. The average molecular weight is 410 g/mol. The molecule has 2 amide bonds. The standard InChI is InChI=1S/C20H31N3O4S/c1-20(2,3)27-19(25)22-14-16(13-15-9-6-5-7-10-15)28(26)23-12-8-11-17(23)18(24)21-4/h5-7,9-10,16-17H,8,11-14H2,1-4H3,(H,21,24)(H,22,25)/t16?,17-,28?/m0/s1. The lowest BCUT2D eigenvalue weighted by molar-refractivity contribution is -0.123. The lowest BCUT2D eigenvalue weighted by Crippen LogP contribution is -2.48. The highest BCUT2D eigenvalue weighted by Crippen LogP contribution is 2.23. The Bertz CT molecular complexity index is 690. The molecule has 28 heavy (non-hydrogen) atoms. The van der Waals surface area contributed by atoms with E-state index in [1.165, 1.54) is 0 Å². The van der Waals surface area contributed by atoms with Gasteiger partial charge in [0.2, 0.25) is 5.91 Å². The van der Waals surface area contributed by atoms with Crippen molar-refractivity contribution in [3.05, 3.63) is 35.9 Å². The number of hydrogen-bond acceptors (Lipinski definition) is 4. The van der Waals surface area contributed by atoms with Crippen molar-refractivity contribution in [2.24, 2.45) is 0 Å². The molecule has 0 bridgehead atoms. The van der Waals surface area contributed by atoms with E-state index in [0.29, 0.717) is 19.4 Å². The number of nitrogens with zero attached hydrogens (tertiary/aromatic N) is 1. The van der Waals surface area contributed by atoms with Crippen LogP contribution in [0.4, 0.5) is 4.79 Å². The van der Waals surface area contributed by atoms with Gasteiger partial charge in [-0.05, 0) is 45.6 Å². The van der Waals surface area contributed by atoms with Gasteiger partial charge in [-0.15, -0.1) is 0 Å². The number of carbonyl (C=O) groups is 2. The molecule has 0 aliphatic carbocycles. The fraction of sp³-hybridized carbons (Fsp3) is 0.600. The molecule has 3 atom stereocenters. The van der Waals surface area contributed by atoms with Crippen LogP contribution in [0.2, 0.25) is 0 Å². The van der Waals surface area contributed by atoms with Gasteiger partial charge >= 0.3 is 6.09 Å². The van der Waals surface area contributed by atoms with E-state index in [9.17, 15) is 13.8 Å². The highest BCUT2D eigenvalue weighted by molar-refractivity contribution is 7.83. The molecule has 1 aromatic rings. The first-order valence-electron chi connectivity index (χ1n) is 9.61. The Morgan fingerprint density at radius 2 is 1.96 bits per heavy atom. The number of nitrogens with one attached hydrogen (secondary N) is 2. The molecule has 2 N–H and O–H groups in total. The summed E-state index contributed by atoms with van der Waals surface area (Å²) in [4.78, 5) is 24.2. The van der Waals surface area contributed by atoms with Crippen molar-refractivity contribution in [2.75, 3.05) is 20.1 Å². The molecule has 1 aromatic carbocycles. The molecule has 0 spiro atoms. The van der Waals surface area contributed by atoms with Gasteiger partial charge in [-0.3, -0.25) is 4.79 Å². The SMILES string of the molecule is CNC(=O)[C@@H]1CCCN1S(=O)C(CNC(=O)OC(C)(C)C)Cc1ccccc1. The van der Waals surface area contributed by atoms with Crippen LogP contribution in [0, 0.1) is 0 Å². The van der Waals surface area contributed by atoms with Crippen LogP contribution in [0.25, 0.3) is 0 Å². The summed E-state index contributed by atoms with van der Waals surface area (Å²) in [6.45, 7) is 6.19. The molecule has 1 fully saturated rings. The fourth-order valence-corrected chi connectivity index (χ4v) is 4.88. The third kappa shape index (κ3) is 6.60. The first kappa shape index (κ1) is 22.4. The van der Waals surface area contributed by atoms with E-state index in [-0.39, 0.29) is 17.7 Å². The van der Waals surface area contributed by atoms with Gasteiger partial charge in [0.15, 0.2) is 0 Å². The van der Waals surface area contributed by atoms with Gasteiger partial charge in [0.25, 0.3) is 0 Å². The predicted octanol–water partition coefficient (Wildman–Crippen LogP) is 2.00. The number of alkyl carbamates (subject to hydrolysis) is 1. The topological polar surface area (TPSA) is 87.7 Å². The molecule has 8 heteroatoms. The zero-order valence-electron chi connectivity index (χ0n) is 17.1. The average Bonchev–Trinajstić information content (AvgIpc) is 3.13. The number of amides is 2. The maximum atomic E-state index is 13.3. The Labute approximate surface area is 169 Å². The maximum Gasteiger partial charge on any atom is 0.407 e. The zero-order valence-corrected chi connectivity index (χ0v) is 17.9. The van der Waals surface area contributed by atoms with Gasteiger partial charge in [0.1, 0.15) is 22.6 Å². The highest BCUT2D eigenvalue weighted by atomic mass is 32.2. The van der Waals surface area contributed by atoms with E-state index in [1.54, 1.807) is 32.1 Å². The summed E-state index contributed by atoms with van der Waals surface area (Å²) in [6, 6.07) is 9.33. The first-order chi connectivity index (χ1) is 13.2. The van der Waals surface area contributed by atoms with Gasteiger partial charge in [-0.2, -0.15) is 0 Å². The third-order valence-corrected chi connectivity index (χ3v) is 6.25. The van der Waals surface area contributed by atoms with E-state index >= 15 is 0 Å². The van der Waals surface area contributed by atoms with Gasteiger partial charge < -0.3 is 15.4 Å². The molecule has 0 radical (unpaired) electrons. The Kier molecular flexibility index (Phi) is 8.00. The summed E-state index contributed by atoms with van der Waals surface area (Å²) in [7, 11) is 0.167. The number of carbonyl (C=O) groups excluding carboxylic acids is 2. The highest BCUT2D eigenvalue weighted by Gasteiger charge is 2.37. The van der Waals surface area contributed by atoms with Gasteiger partial charge in [-0.25, -0.2) is 13.3 Å². The smallest absolute Gasteiger partial charge is 0.407 e. The normalized spacial score (nSPS) is 19.6. The Hall–Kier alpha value is -1.93. The summed E-state index contributed by atoms with van der Waals surface area (Å²) in [5.41, 5.74) is 0.430. The number of likely N-dealkylation sites (N-methyl/N-ethyl adjacent to an activating group) is 1. The van der Waals surface area contributed by atoms with Crippen LogP contribution in [0.1, 0.15) is 39.2 Å². The predicted molar refractivity (Wildman–Crippen MR) is 110 cm³/mol. The van der Waals surface area contributed by atoms with Crippen molar-refractivity contribution < 1.29 is 18.5 Å². The van der Waals surface area contributed by atoms with Crippen LogP contribution >= 0.6 is 0 Å². The third-order valence-electron chi connectivity index (χ3n) is 4.45. The molecule has 156 valence electrons. The molecule has 1 aliphatic rings. The molecule has 0 aromatic heterocycles. The molecular formula is C20H31N3O4S. The summed E-state index contributed by atoms with van der Waals surface area (Å²) in [5, 5.41) is 5.03. The number of benzene rings is 1. The molecule has 2 rings (SSSR count). The van der Waals surface area contributed by atoms with Crippen molar-refractivity contribution in [3.8, 4) is 0 Å². The molecule has 1 aliphatic heterocycles. The largest absolute Gasteiger partial charge is 0.444 e. The summed E-state index contributed by atoms with van der Waals surface area (Å²) in [6.07, 6.45) is 1.50. The molecular weight excluding hydrogens is 378 g/mol. The first-order valence-corrected chi connectivity index (χ1v) is 10.8. The lowest BCUT2D eigenvalue weighted by atomic mass is 10.1. The van der Waals surface area contributed by atoms with E-state index < -0.39 is 28.7 Å². The molecule has 0 saturated carbocycles. The zero-order chi connectivity index (χ0) is 20.7. The van der Waals surface area contributed by atoms with Crippen molar-refractivity contribution >= 4 is 23.0 Å². The Morgan fingerprint density at radius 1 is 1.29 bits per heavy atom. The van der Waals surface area contributed by atoms with Gasteiger partial charge in [-0.1, -0.05) is 30.3 Å². The van der Waals surface area contributed by atoms with Crippen molar-refractivity contribution in [1.82, 2.24) is 14.9 Å². The van der Waals surface area contributed by atoms with Crippen LogP contribution < -0.4 is 10.6 Å². The fourth-order valence-electron chi connectivity index (χ4n) is 3.18. The monoisotopic (exact) mass is 409 g/mol. The van der Waals surface area contributed by atoms with Crippen molar-refractivity contribution in [3.63, 3.8) is 0 Å². The van der Waals surface area contributed by atoms with Crippen molar-refractivity contribution in [1.29, 1.82) is 0 Å². The quantitative estimate of drug-likeness (QED) is 0.721. The molecule has 1 heterocycles. The minimum atomic E-state index is -1.42. The lowest BCUT2D eigenvalue weighted by Gasteiger charge is -2.28. The maximum absolute atomic E-state index is 13.3. The van der Waals surface area contributed by atoms with Crippen LogP contribution in [-0.2, 0) is 26.9 Å². The van der Waals surface area contributed by atoms with E-state index in [0.717, 1.165) is 12.0 Å². The number of rotatable bonds is 7. The van der Waals surface area contributed by atoms with Crippen molar-refractivity contribution in [2.45, 2.75) is 56.9 Å². The van der Waals surface area contributed by atoms with Crippen LogP contribution in [0.5, 0.6) is 0 Å². The van der Waals surface area contributed by atoms with Crippen LogP contribution in [0.3, 0.4) is 0 Å². The molecule has 1 saturated heterocycles. The molecule has 2 unspecified atom stereocenters. The van der Waals surface area contributed by atoms with E-state index in [1.807, 2.05) is 30.3 Å². The minimum absolute atomic E-state index is 0.121. The number of hydrogen-bond donors (Lipinski definition) is 2. The second kappa shape index (κ2) is 10.0. The summed E-state index contributed by atoms with van der Waals surface area (Å²) < 4.78 is 20.4. The van der Waals surface area contributed by atoms with E-state index in [4.69, 9.17) is 4.74 Å². The summed E-state index contributed by atoms with van der Waals surface area (Å²) in [5.74, 6) is -0.121. The second-order valence-electron chi connectivity index (χ2n) is 7.88. The number of ether oxygens (including phenoxy) is 1. The van der Waals surface area contributed by atoms with Crippen LogP contribution in [0.15, 0.2) is 30.3 Å².